The predicted octanol–water partition coefficient (Wildman–Crippen LogP) is -0.350. The molecule has 1 aliphatic rings. The molecule has 0 spiro atoms. The molecule has 1 aliphatic heterocycles. The van der Waals surface area contributed by atoms with Crippen molar-refractivity contribution in [2.24, 2.45) is 0 Å². The maximum absolute atomic E-state index is 5.76. The van der Waals surface area contributed by atoms with Crippen molar-refractivity contribution in [2.45, 2.75) is 18.9 Å². The molecule has 0 aliphatic carbocycles. The maximum Gasteiger partial charge on any atom is 0.258 e. The van der Waals surface area contributed by atoms with E-state index < -0.39 is 0 Å². The Kier molecular flexibility index (Phi) is 3.42. The van der Waals surface area contributed by atoms with Crippen molar-refractivity contribution in [3.8, 4) is 5.95 Å². The average Bonchev–Trinajstić information content (AvgIpc) is 3.01. The van der Waals surface area contributed by atoms with E-state index >= 15 is 0 Å². The number of nitrogens with two attached hydrogens (primary N) is 1. The van der Waals surface area contributed by atoms with Crippen LogP contribution in [0, 0.1) is 0 Å². The third kappa shape index (κ3) is 2.52. The van der Waals surface area contributed by atoms with Crippen molar-refractivity contribution in [2.75, 3.05) is 30.9 Å². The molecule has 1 fully saturated rings. The number of nitrogen functional groups attached to an aromatic ring is 1. The molecule has 1 saturated heterocycles. The van der Waals surface area contributed by atoms with Crippen LogP contribution in [0.4, 0.5) is 11.9 Å². The van der Waals surface area contributed by atoms with Crippen molar-refractivity contribution >= 4 is 11.9 Å². The van der Waals surface area contributed by atoms with Crippen LogP contribution >= 0.6 is 0 Å². The van der Waals surface area contributed by atoms with Crippen molar-refractivity contribution in [3.05, 3.63) is 12.7 Å². The number of rotatable bonds is 3. The van der Waals surface area contributed by atoms with E-state index in [1.165, 1.54) is 17.3 Å². The predicted molar refractivity (Wildman–Crippen MR) is 71.4 cm³/mol. The summed E-state index contributed by atoms with van der Waals surface area (Å²) in [5, 5.41) is 4.00. The fourth-order valence-corrected chi connectivity index (χ4v) is 2.18. The summed E-state index contributed by atoms with van der Waals surface area (Å²) in [5.41, 5.74) is 5.76. The molecule has 0 radical (unpaired) electrons. The van der Waals surface area contributed by atoms with E-state index in [2.05, 4.69) is 25.0 Å². The second kappa shape index (κ2) is 5.37. The number of aromatic nitrogens is 6. The van der Waals surface area contributed by atoms with Crippen LogP contribution in [-0.2, 0) is 4.74 Å². The summed E-state index contributed by atoms with van der Waals surface area (Å²) in [4.78, 5) is 18.5. The van der Waals surface area contributed by atoms with Gasteiger partial charge in [0.05, 0.1) is 0 Å². The molecule has 0 bridgehead atoms. The van der Waals surface area contributed by atoms with Crippen molar-refractivity contribution < 1.29 is 4.74 Å². The monoisotopic (exact) mass is 276 g/mol. The Hall–Kier alpha value is -2.29. The highest BCUT2D eigenvalue weighted by Gasteiger charge is 2.21. The molecule has 0 saturated carbocycles. The summed E-state index contributed by atoms with van der Waals surface area (Å²) in [5.74, 6) is 1.07. The zero-order valence-corrected chi connectivity index (χ0v) is 11.2. The Morgan fingerprint density at radius 1 is 1.30 bits per heavy atom. The van der Waals surface area contributed by atoms with Gasteiger partial charge in [-0.25, -0.2) is 4.98 Å². The third-order valence-corrected chi connectivity index (χ3v) is 3.31. The molecule has 0 amide bonds. The van der Waals surface area contributed by atoms with Crippen LogP contribution in [0.2, 0.25) is 0 Å². The molecule has 20 heavy (non-hydrogen) atoms. The second-order valence-electron chi connectivity index (χ2n) is 4.59. The van der Waals surface area contributed by atoms with E-state index in [0.717, 1.165) is 26.1 Å². The first-order chi connectivity index (χ1) is 9.74. The first-order valence-electron chi connectivity index (χ1n) is 6.41. The lowest BCUT2D eigenvalue weighted by Crippen LogP contribution is -2.38. The summed E-state index contributed by atoms with van der Waals surface area (Å²) in [7, 11) is 1.95. The van der Waals surface area contributed by atoms with Crippen LogP contribution in [0.5, 0.6) is 0 Å². The minimum absolute atomic E-state index is 0.166. The van der Waals surface area contributed by atoms with Gasteiger partial charge in [0.1, 0.15) is 12.7 Å². The van der Waals surface area contributed by atoms with Crippen LogP contribution in [0.3, 0.4) is 0 Å². The lowest BCUT2D eigenvalue weighted by Gasteiger charge is -2.31. The molecule has 9 nitrogen and oxygen atoms in total. The van der Waals surface area contributed by atoms with Gasteiger partial charge in [0.15, 0.2) is 0 Å². The Morgan fingerprint density at radius 3 is 2.80 bits per heavy atom. The molecule has 0 unspecified atom stereocenters. The fraction of sp³-hybridized carbons (Fsp3) is 0.545. The molecule has 3 heterocycles. The van der Waals surface area contributed by atoms with Gasteiger partial charge in [-0.1, -0.05) is 0 Å². The van der Waals surface area contributed by atoms with Gasteiger partial charge in [0.25, 0.3) is 5.95 Å². The Labute approximate surface area is 115 Å². The zero-order chi connectivity index (χ0) is 13.9. The highest BCUT2D eigenvalue weighted by molar-refractivity contribution is 5.37. The largest absolute Gasteiger partial charge is 0.381 e. The van der Waals surface area contributed by atoms with Crippen molar-refractivity contribution in [1.29, 1.82) is 0 Å². The van der Waals surface area contributed by atoms with E-state index in [1.807, 2.05) is 11.9 Å². The van der Waals surface area contributed by atoms with Gasteiger partial charge in [-0.3, -0.25) is 0 Å². The van der Waals surface area contributed by atoms with E-state index in [9.17, 15) is 0 Å². The van der Waals surface area contributed by atoms with E-state index in [0.29, 0.717) is 17.9 Å². The highest BCUT2D eigenvalue weighted by atomic mass is 16.5. The van der Waals surface area contributed by atoms with Gasteiger partial charge >= 0.3 is 0 Å². The number of ether oxygens (including phenoxy) is 1. The Morgan fingerprint density at radius 2 is 2.10 bits per heavy atom. The summed E-state index contributed by atoms with van der Waals surface area (Å²) in [6.07, 6.45) is 4.83. The van der Waals surface area contributed by atoms with Crippen molar-refractivity contribution in [3.63, 3.8) is 0 Å². The summed E-state index contributed by atoms with van der Waals surface area (Å²) in [6.45, 7) is 1.51. The number of hydrogen-bond acceptors (Lipinski definition) is 8. The minimum Gasteiger partial charge on any atom is -0.381 e. The summed E-state index contributed by atoms with van der Waals surface area (Å²) >= 11 is 0. The second-order valence-corrected chi connectivity index (χ2v) is 4.59. The standard InChI is InChI=1S/C11H16N8O/c1-18(8-2-4-20-5-3-8)10-15-9(12)16-11(17-10)19-7-13-6-14-19/h6-8H,2-5H2,1H3,(H2,12,15,16,17). The molecule has 3 rings (SSSR count). The Balaban J connectivity index is 1.89. The smallest absolute Gasteiger partial charge is 0.258 e. The number of hydrogen-bond donors (Lipinski definition) is 1. The molecule has 106 valence electrons. The van der Waals surface area contributed by atoms with Gasteiger partial charge in [-0.05, 0) is 12.8 Å². The van der Waals surface area contributed by atoms with E-state index in [1.54, 1.807) is 0 Å². The van der Waals surface area contributed by atoms with Gasteiger partial charge in [0, 0.05) is 26.3 Å². The molecule has 2 N–H and O–H groups in total. The fourth-order valence-electron chi connectivity index (χ4n) is 2.18. The summed E-state index contributed by atoms with van der Waals surface area (Å²) < 4.78 is 6.82. The molecule has 2 aromatic heterocycles. The highest BCUT2D eigenvalue weighted by Crippen LogP contribution is 2.18. The first-order valence-corrected chi connectivity index (χ1v) is 6.41. The van der Waals surface area contributed by atoms with E-state index in [-0.39, 0.29) is 5.95 Å². The molecule has 2 aromatic rings. The molecule has 9 heteroatoms. The van der Waals surface area contributed by atoms with Crippen LogP contribution in [-0.4, -0.2) is 56.0 Å². The van der Waals surface area contributed by atoms with Gasteiger partial charge in [-0.2, -0.15) is 24.7 Å². The number of anilines is 2. The normalized spacial score (nSPS) is 16.2. The lowest BCUT2D eigenvalue weighted by atomic mass is 10.1. The quantitative estimate of drug-likeness (QED) is 0.810. The minimum atomic E-state index is 0.166. The topological polar surface area (TPSA) is 108 Å². The maximum atomic E-state index is 5.76. The lowest BCUT2D eigenvalue weighted by molar-refractivity contribution is 0.0852. The molecular formula is C11H16N8O. The van der Waals surface area contributed by atoms with Crippen LogP contribution < -0.4 is 10.6 Å². The van der Waals surface area contributed by atoms with Crippen molar-refractivity contribution in [1.82, 2.24) is 29.7 Å². The van der Waals surface area contributed by atoms with Crippen LogP contribution in [0.15, 0.2) is 12.7 Å². The van der Waals surface area contributed by atoms with E-state index in [4.69, 9.17) is 10.5 Å². The van der Waals surface area contributed by atoms with Gasteiger partial charge in [-0.15, -0.1) is 0 Å². The third-order valence-electron chi connectivity index (χ3n) is 3.31. The zero-order valence-electron chi connectivity index (χ0n) is 11.2. The van der Waals surface area contributed by atoms with Crippen LogP contribution in [0.1, 0.15) is 12.8 Å². The Bertz CT molecular complexity index is 566. The van der Waals surface area contributed by atoms with Gasteiger partial charge in [0.2, 0.25) is 11.9 Å². The van der Waals surface area contributed by atoms with Gasteiger partial charge < -0.3 is 15.4 Å². The molecular weight excluding hydrogens is 260 g/mol. The molecule has 0 aromatic carbocycles. The number of nitrogens with zero attached hydrogens (tertiary/aromatic N) is 7. The SMILES string of the molecule is CN(c1nc(N)nc(-n2cncn2)n1)C1CCOCC1. The molecule has 0 atom stereocenters. The first kappa shape index (κ1) is 12.7. The average molecular weight is 276 g/mol. The van der Waals surface area contributed by atoms with Crippen LogP contribution in [0.25, 0.3) is 5.95 Å². The summed E-state index contributed by atoms with van der Waals surface area (Å²) in [6, 6.07) is 0.342.